The van der Waals surface area contributed by atoms with Crippen LogP contribution in [-0.2, 0) is 4.74 Å². The number of nitrogens with one attached hydrogen (secondary N) is 2. The van der Waals surface area contributed by atoms with Gasteiger partial charge >= 0.3 is 0 Å². The van der Waals surface area contributed by atoms with Crippen LogP contribution in [0.15, 0.2) is 4.99 Å². The van der Waals surface area contributed by atoms with Crippen LogP contribution in [0.2, 0.25) is 0 Å². The van der Waals surface area contributed by atoms with Gasteiger partial charge in [0.05, 0.1) is 0 Å². The largest absolute Gasteiger partial charge is 0.381 e. The van der Waals surface area contributed by atoms with Crippen LogP contribution in [0.25, 0.3) is 0 Å². The Morgan fingerprint density at radius 2 is 1.90 bits per heavy atom. The molecule has 0 radical (unpaired) electrons. The Morgan fingerprint density at radius 1 is 1.20 bits per heavy atom. The van der Waals surface area contributed by atoms with Crippen LogP contribution in [0.3, 0.4) is 0 Å². The van der Waals surface area contributed by atoms with Crippen molar-refractivity contribution in [1.82, 2.24) is 10.6 Å². The summed E-state index contributed by atoms with van der Waals surface area (Å²) < 4.78 is 5.60. The Labute approximate surface area is 145 Å². The summed E-state index contributed by atoms with van der Waals surface area (Å²) in [6.07, 6.45) is 8.39. The fraction of sp³-hybridized carbons (Fsp3) is 0.929. The van der Waals surface area contributed by atoms with Gasteiger partial charge in [-0.3, -0.25) is 4.99 Å². The predicted octanol–water partition coefficient (Wildman–Crippen LogP) is 2.73. The van der Waals surface area contributed by atoms with Gasteiger partial charge in [-0.15, -0.1) is 24.0 Å². The number of aliphatic imine (C=N–C) groups is 1. The Kier molecular flexibility index (Phi) is 14.5. The summed E-state index contributed by atoms with van der Waals surface area (Å²) in [5.74, 6) is 3.02. The van der Waals surface area contributed by atoms with Crippen LogP contribution in [0.4, 0.5) is 0 Å². The minimum Gasteiger partial charge on any atom is -0.381 e. The highest BCUT2D eigenvalue weighted by Crippen LogP contribution is 2.28. The number of thioether (sulfide) groups is 1. The topological polar surface area (TPSA) is 45.7 Å². The summed E-state index contributed by atoms with van der Waals surface area (Å²) in [5.41, 5.74) is 0. The van der Waals surface area contributed by atoms with Crippen LogP contribution >= 0.6 is 35.7 Å². The number of ether oxygens (including phenoxy) is 1. The van der Waals surface area contributed by atoms with E-state index in [0.717, 1.165) is 44.6 Å². The molecule has 1 saturated carbocycles. The molecule has 1 fully saturated rings. The summed E-state index contributed by atoms with van der Waals surface area (Å²) in [6.45, 7) is 3.74. The van der Waals surface area contributed by atoms with E-state index in [9.17, 15) is 0 Å². The van der Waals surface area contributed by atoms with Crippen molar-refractivity contribution in [3.8, 4) is 0 Å². The van der Waals surface area contributed by atoms with Crippen LogP contribution in [0.1, 0.15) is 32.1 Å². The van der Waals surface area contributed by atoms with Crippen molar-refractivity contribution in [3.63, 3.8) is 0 Å². The average Bonchev–Trinajstić information content (AvgIpc) is 3.24. The van der Waals surface area contributed by atoms with Crippen molar-refractivity contribution in [2.45, 2.75) is 32.1 Å². The molecule has 0 saturated heterocycles. The van der Waals surface area contributed by atoms with E-state index in [1.54, 1.807) is 0 Å². The van der Waals surface area contributed by atoms with Crippen molar-refractivity contribution >= 4 is 41.7 Å². The van der Waals surface area contributed by atoms with E-state index >= 15 is 0 Å². The second-order valence-corrected chi connectivity index (χ2v) is 5.98. The van der Waals surface area contributed by atoms with Crippen LogP contribution in [0, 0.1) is 5.92 Å². The normalized spacial score (nSPS) is 14.8. The summed E-state index contributed by atoms with van der Waals surface area (Å²) >= 11 is 1.91. The van der Waals surface area contributed by atoms with Crippen molar-refractivity contribution < 1.29 is 4.74 Å². The van der Waals surface area contributed by atoms with E-state index in [0.29, 0.717) is 0 Å². The number of hydrogen-bond acceptors (Lipinski definition) is 3. The Balaban J connectivity index is 0.00000361. The van der Waals surface area contributed by atoms with Crippen molar-refractivity contribution in [1.29, 1.82) is 0 Å². The molecule has 120 valence electrons. The molecule has 20 heavy (non-hydrogen) atoms. The summed E-state index contributed by atoms with van der Waals surface area (Å²) in [7, 11) is 1.82. The molecular formula is C14H30IN3OS. The maximum absolute atomic E-state index is 5.60. The minimum absolute atomic E-state index is 0. The van der Waals surface area contributed by atoms with Crippen LogP contribution in [0.5, 0.6) is 0 Å². The van der Waals surface area contributed by atoms with E-state index in [1.807, 2.05) is 18.8 Å². The number of nitrogens with zero attached hydrogens (tertiary/aromatic N) is 1. The molecule has 4 nitrogen and oxygen atoms in total. The van der Waals surface area contributed by atoms with Crippen LogP contribution in [-0.4, -0.2) is 51.3 Å². The molecule has 0 unspecified atom stereocenters. The fourth-order valence-electron chi connectivity index (χ4n) is 1.71. The third kappa shape index (κ3) is 12.1. The lowest BCUT2D eigenvalue weighted by molar-refractivity contribution is 0.123. The SMILES string of the molecule is CN=C(NCCCCSC)NCCCOCC1CC1.I. The zero-order valence-electron chi connectivity index (χ0n) is 12.8. The van der Waals surface area contributed by atoms with Gasteiger partial charge in [-0.05, 0) is 50.0 Å². The lowest BCUT2D eigenvalue weighted by Gasteiger charge is -2.11. The zero-order valence-corrected chi connectivity index (χ0v) is 16.0. The standard InChI is InChI=1S/C14H29N3OS.HI/c1-15-14(16-8-3-4-11-19-2)17-9-5-10-18-12-13-6-7-13;/h13H,3-12H2,1-2H3,(H2,15,16,17);1H. The number of rotatable bonds is 11. The summed E-state index contributed by atoms with van der Waals surface area (Å²) in [4.78, 5) is 4.21. The molecule has 0 aromatic carbocycles. The second-order valence-electron chi connectivity index (χ2n) is 5.00. The van der Waals surface area contributed by atoms with E-state index in [2.05, 4.69) is 21.9 Å². The average molecular weight is 415 g/mol. The van der Waals surface area contributed by atoms with E-state index < -0.39 is 0 Å². The second kappa shape index (κ2) is 14.3. The Morgan fingerprint density at radius 3 is 2.50 bits per heavy atom. The predicted molar refractivity (Wildman–Crippen MR) is 101 cm³/mol. The van der Waals surface area contributed by atoms with Crippen molar-refractivity contribution in [2.75, 3.05) is 45.4 Å². The highest BCUT2D eigenvalue weighted by molar-refractivity contribution is 14.0. The zero-order chi connectivity index (χ0) is 13.8. The Bertz CT molecular complexity index is 251. The first-order chi connectivity index (χ1) is 9.36. The molecule has 0 heterocycles. The van der Waals surface area contributed by atoms with Gasteiger partial charge in [-0.1, -0.05) is 0 Å². The van der Waals surface area contributed by atoms with Gasteiger partial charge in [0.1, 0.15) is 0 Å². The fourth-order valence-corrected chi connectivity index (χ4v) is 2.21. The minimum atomic E-state index is 0. The quantitative estimate of drug-likeness (QED) is 0.236. The first kappa shape index (κ1) is 20.3. The molecule has 0 aromatic rings. The van der Waals surface area contributed by atoms with Crippen LogP contribution < -0.4 is 10.6 Å². The number of guanidine groups is 1. The highest BCUT2D eigenvalue weighted by atomic mass is 127. The molecule has 0 aromatic heterocycles. The molecule has 0 aliphatic heterocycles. The van der Waals surface area contributed by atoms with Gasteiger partial charge < -0.3 is 15.4 Å². The molecular weight excluding hydrogens is 385 g/mol. The third-order valence-corrected chi connectivity index (χ3v) is 3.80. The van der Waals surface area contributed by atoms with E-state index in [1.165, 1.54) is 31.4 Å². The van der Waals surface area contributed by atoms with Crippen molar-refractivity contribution in [2.24, 2.45) is 10.9 Å². The molecule has 0 atom stereocenters. The smallest absolute Gasteiger partial charge is 0.190 e. The van der Waals surface area contributed by atoms with E-state index in [-0.39, 0.29) is 24.0 Å². The first-order valence-electron chi connectivity index (χ1n) is 7.38. The maximum Gasteiger partial charge on any atom is 0.190 e. The molecule has 1 aliphatic rings. The van der Waals surface area contributed by atoms with Gasteiger partial charge in [0.2, 0.25) is 0 Å². The molecule has 2 N–H and O–H groups in total. The monoisotopic (exact) mass is 415 g/mol. The van der Waals surface area contributed by atoms with Gasteiger partial charge in [0.25, 0.3) is 0 Å². The molecule has 6 heteroatoms. The van der Waals surface area contributed by atoms with E-state index in [4.69, 9.17) is 4.74 Å². The van der Waals surface area contributed by atoms with Gasteiger partial charge in [0.15, 0.2) is 5.96 Å². The van der Waals surface area contributed by atoms with Gasteiger partial charge in [-0.2, -0.15) is 11.8 Å². The molecule has 0 spiro atoms. The lowest BCUT2D eigenvalue weighted by Crippen LogP contribution is -2.38. The highest BCUT2D eigenvalue weighted by Gasteiger charge is 2.20. The van der Waals surface area contributed by atoms with Gasteiger partial charge in [0, 0.05) is 33.4 Å². The maximum atomic E-state index is 5.60. The molecule has 0 bridgehead atoms. The lowest BCUT2D eigenvalue weighted by atomic mass is 10.3. The summed E-state index contributed by atoms with van der Waals surface area (Å²) in [6, 6.07) is 0. The number of hydrogen-bond donors (Lipinski definition) is 2. The first-order valence-corrected chi connectivity index (χ1v) is 8.77. The molecule has 1 aliphatic carbocycles. The number of halogens is 1. The van der Waals surface area contributed by atoms with Gasteiger partial charge in [-0.25, -0.2) is 0 Å². The molecule has 0 amide bonds. The van der Waals surface area contributed by atoms with Crippen molar-refractivity contribution in [3.05, 3.63) is 0 Å². The number of unbranched alkanes of at least 4 members (excludes halogenated alkanes) is 1. The summed E-state index contributed by atoms with van der Waals surface area (Å²) in [5, 5.41) is 6.65. The molecule has 1 rings (SSSR count). The Hall–Kier alpha value is 0.310. The third-order valence-electron chi connectivity index (χ3n) is 3.10.